The number of rotatable bonds is 3. The first-order valence-electron chi connectivity index (χ1n) is 4.61. The SMILES string of the molecule is CC(C)(CN)C(O)c1ccccc1Cl. The molecule has 0 radical (unpaired) electrons. The summed E-state index contributed by atoms with van der Waals surface area (Å²) in [7, 11) is 0. The number of hydrogen-bond acceptors (Lipinski definition) is 2. The molecule has 0 saturated carbocycles. The molecule has 78 valence electrons. The highest BCUT2D eigenvalue weighted by Gasteiger charge is 2.28. The van der Waals surface area contributed by atoms with E-state index in [1.54, 1.807) is 6.07 Å². The largest absolute Gasteiger partial charge is 0.388 e. The van der Waals surface area contributed by atoms with E-state index in [0.717, 1.165) is 5.56 Å². The first kappa shape index (κ1) is 11.5. The molecule has 0 bridgehead atoms. The number of halogens is 1. The van der Waals surface area contributed by atoms with E-state index in [4.69, 9.17) is 17.3 Å². The molecule has 0 amide bonds. The first-order chi connectivity index (χ1) is 6.49. The third-order valence-electron chi connectivity index (χ3n) is 2.47. The Morgan fingerprint density at radius 2 is 2.00 bits per heavy atom. The second kappa shape index (κ2) is 4.30. The molecule has 14 heavy (non-hydrogen) atoms. The van der Waals surface area contributed by atoms with Gasteiger partial charge in [0.1, 0.15) is 0 Å². The zero-order valence-electron chi connectivity index (χ0n) is 8.50. The molecule has 0 spiro atoms. The third-order valence-corrected chi connectivity index (χ3v) is 2.81. The van der Waals surface area contributed by atoms with Gasteiger partial charge < -0.3 is 10.8 Å². The van der Waals surface area contributed by atoms with Gasteiger partial charge in [0.15, 0.2) is 0 Å². The van der Waals surface area contributed by atoms with Gasteiger partial charge in [-0.1, -0.05) is 43.6 Å². The zero-order chi connectivity index (χ0) is 10.8. The molecule has 0 aliphatic carbocycles. The molecule has 1 aromatic carbocycles. The lowest BCUT2D eigenvalue weighted by Gasteiger charge is -2.29. The smallest absolute Gasteiger partial charge is 0.0867 e. The number of benzene rings is 1. The van der Waals surface area contributed by atoms with Gasteiger partial charge in [0.25, 0.3) is 0 Å². The molecule has 0 heterocycles. The maximum absolute atomic E-state index is 10.1. The molecule has 0 aliphatic heterocycles. The fraction of sp³-hybridized carbons (Fsp3) is 0.455. The molecule has 1 aromatic rings. The molecule has 1 unspecified atom stereocenters. The Morgan fingerprint density at radius 3 is 2.50 bits per heavy atom. The number of nitrogens with two attached hydrogens (primary N) is 1. The van der Waals surface area contributed by atoms with Crippen LogP contribution in [-0.4, -0.2) is 11.7 Å². The van der Waals surface area contributed by atoms with E-state index in [1.807, 2.05) is 32.0 Å². The fourth-order valence-corrected chi connectivity index (χ4v) is 1.47. The third kappa shape index (κ3) is 2.27. The van der Waals surface area contributed by atoms with Crippen molar-refractivity contribution in [2.24, 2.45) is 11.1 Å². The van der Waals surface area contributed by atoms with Crippen molar-refractivity contribution in [2.45, 2.75) is 20.0 Å². The minimum atomic E-state index is -0.624. The van der Waals surface area contributed by atoms with Crippen LogP contribution in [0, 0.1) is 5.41 Å². The van der Waals surface area contributed by atoms with E-state index >= 15 is 0 Å². The summed E-state index contributed by atoms with van der Waals surface area (Å²) in [5.41, 5.74) is 5.98. The second-order valence-corrected chi connectivity index (χ2v) is 4.52. The van der Waals surface area contributed by atoms with Crippen molar-refractivity contribution < 1.29 is 5.11 Å². The molecule has 0 saturated heterocycles. The molecule has 3 N–H and O–H groups in total. The van der Waals surface area contributed by atoms with Gasteiger partial charge in [-0.3, -0.25) is 0 Å². The maximum Gasteiger partial charge on any atom is 0.0867 e. The van der Waals surface area contributed by atoms with Crippen LogP contribution in [0.3, 0.4) is 0 Å². The van der Waals surface area contributed by atoms with Crippen molar-refractivity contribution >= 4 is 11.6 Å². The molecule has 3 heteroatoms. The van der Waals surface area contributed by atoms with Gasteiger partial charge in [0.05, 0.1) is 6.10 Å². The average molecular weight is 214 g/mol. The van der Waals surface area contributed by atoms with Crippen molar-refractivity contribution in [3.05, 3.63) is 34.9 Å². The quantitative estimate of drug-likeness (QED) is 0.810. The van der Waals surface area contributed by atoms with Gasteiger partial charge in [-0.2, -0.15) is 0 Å². The highest BCUT2D eigenvalue weighted by atomic mass is 35.5. The average Bonchev–Trinajstić information content (AvgIpc) is 2.17. The van der Waals surface area contributed by atoms with Crippen LogP contribution >= 0.6 is 11.6 Å². The van der Waals surface area contributed by atoms with E-state index in [0.29, 0.717) is 11.6 Å². The highest BCUT2D eigenvalue weighted by molar-refractivity contribution is 6.31. The second-order valence-electron chi connectivity index (χ2n) is 4.12. The minimum absolute atomic E-state index is 0.356. The van der Waals surface area contributed by atoms with E-state index in [1.165, 1.54) is 0 Å². The normalized spacial score (nSPS) is 14.1. The maximum atomic E-state index is 10.1. The monoisotopic (exact) mass is 213 g/mol. The molecular weight excluding hydrogens is 198 g/mol. The van der Waals surface area contributed by atoms with E-state index in [9.17, 15) is 5.11 Å². The molecule has 0 aliphatic rings. The van der Waals surface area contributed by atoms with Gasteiger partial charge in [-0.05, 0) is 11.6 Å². The Labute approximate surface area is 89.7 Å². The van der Waals surface area contributed by atoms with Crippen LogP contribution in [0.15, 0.2) is 24.3 Å². The van der Waals surface area contributed by atoms with Crippen LogP contribution in [0.25, 0.3) is 0 Å². The number of hydrogen-bond donors (Lipinski definition) is 2. The summed E-state index contributed by atoms with van der Waals surface area (Å²) in [6.07, 6.45) is -0.624. The van der Waals surface area contributed by atoms with E-state index in [-0.39, 0.29) is 5.41 Å². The Hall–Kier alpha value is -0.570. The predicted molar refractivity (Wildman–Crippen MR) is 59.2 cm³/mol. The lowest BCUT2D eigenvalue weighted by molar-refractivity contribution is 0.0556. The summed E-state index contributed by atoms with van der Waals surface area (Å²) in [6, 6.07) is 7.29. The highest BCUT2D eigenvalue weighted by Crippen LogP contribution is 2.35. The van der Waals surface area contributed by atoms with Gasteiger partial charge in [-0.15, -0.1) is 0 Å². The number of aliphatic hydroxyl groups is 1. The van der Waals surface area contributed by atoms with Crippen LogP contribution in [0.5, 0.6) is 0 Å². The summed E-state index contributed by atoms with van der Waals surface area (Å²) in [5, 5.41) is 10.6. The Morgan fingerprint density at radius 1 is 1.43 bits per heavy atom. The molecule has 0 aromatic heterocycles. The summed E-state index contributed by atoms with van der Waals surface area (Å²) in [6.45, 7) is 4.25. The zero-order valence-corrected chi connectivity index (χ0v) is 9.25. The van der Waals surface area contributed by atoms with Crippen molar-refractivity contribution in [2.75, 3.05) is 6.54 Å². The van der Waals surface area contributed by atoms with Crippen LogP contribution in [0.1, 0.15) is 25.5 Å². The lowest BCUT2D eigenvalue weighted by Crippen LogP contribution is -2.30. The van der Waals surface area contributed by atoms with Gasteiger partial charge >= 0.3 is 0 Å². The molecular formula is C11H16ClNO. The van der Waals surface area contributed by atoms with Gasteiger partial charge in [-0.25, -0.2) is 0 Å². The topological polar surface area (TPSA) is 46.2 Å². The molecule has 1 rings (SSSR count). The predicted octanol–water partition coefficient (Wildman–Crippen LogP) is 2.36. The van der Waals surface area contributed by atoms with Gasteiger partial charge in [0.2, 0.25) is 0 Å². The van der Waals surface area contributed by atoms with E-state index < -0.39 is 6.10 Å². The minimum Gasteiger partial charge on any atom is -0.388 e. The van der Waals surface area contributed by atoms with Crippen LogP contribution < -0.4 is 5.73 Å². The summed E-state index contributed by atoms with van der Waals surface area (Å²) >= 11 is 5.98. The Bertz CT molecular complexity index is 312. The fourth-order valence-electron chi connectivity index (χ4n) is 1.23. The van der Waals surface area contributed by atoms with Crippen molar-refractivity contribution in [3.63, 3.8) is 0 Å². The Balaban J connectivity index is 3.00. The summed E-state index contributed by atoms with van der Waals surface area (Å²) in [4.78, 5) is 0. The lowest BCUT2D eigenvalue weighted by atomic mass is 9.83. The number of aliphatic hydroxyl groups excluding tert-OH is 1. The van der Waals surface area contributed by atoms with Crippen molar-refractivity contribution in [1.82, 2.24) is 0 Å². The van der Waals surface area contributed by atoms with E-state index in [2.05, 4.69) is 0 Å². The Kier molecular flexibility index (Phi) is 3.53. The standard InChI is InChI=1S/C11H16ClNO/c1-11(2,7-13)10(14)8-5-3-4-6-9(8)12/h3-6,10,14H,7,13H2,1-2H3. The van der Waals surface area contributed by atoms with Crippen molar-refractivity contribution in [1.29, 1.82) is 0 Å². The van der Waals surface area contributed by atoms with Crippen LogP contribution in [0.4, 0.5) is 0 Å². The van der Waals surface area contributed by atoms with Crippen molar-refractivity contribution in [3.8, 4) is 0 Å². The first-order valence-corrected chi connectivity index (χ1v) is 4.99. The van der Waals surface area contributed by atoms with Crippen LogP contribution in [-0.2, 0) is 0 Å². The summed E-state index contributed by atoms with van der Waals surface area (Å²) in [5.74, 6) is 0. The molecule has 1 atom stereocenters. The van der Waals surface area contributed by atoms with Crippen LogP contribution in [0.2, 0.25) is 5.02 Å². The van der Waals surface area contributed by atoms with Gasteiger partial charge in [0, 0.05) is 17.0 Å². The molecule has 0 fully saturated rings. The molecule has 2 nitrogen and oxygen atoms in total. The summed E-state index contributed by atoms with van der Waals surface area (Å²) < 4.78 is 0.